The van der Waals surface area contributed by atoms with Gasteiger partial charge in [0.1, 0.15) is 0 Å². The van der Waals surface area contributed by atoms with Crippen LogP contribution >= 0.6 is 23.2 Å². The molecule has 2 aromatic rings. The summed E-state index contributed by atoms with van der Waals surface area (Å²) in [5.41, 5.74) is 0.482. The van der Waals surface area contributed by atoms with Crippen molar-refractivity contribution in [2.75, 3.05) is 26.2 Å². The minimum atomic E-state index is -4.43. The van der Waals surface area contributed by atoms with Crippen molar-refractivity contribution >= 4 is 23.2 Å². The lowest BCUT2D eigenvalue weighted by Crippen LogP contribution is -2.33. The number of alkyl halides is 3. The van der Waals surface area contributed by atoms with Gasteiger partial charge in [-0.15, -0.1) is 0 Å². The summed E-state index contributed by atoms with van der Waals surface area (Å²) in [6, 6.07) is 10.3. The standard InChI is InChI=1S/C19H19Cl2F3N2/c20-16-5-2-1-4-14(16)18(26-10-3-8-25-9-11-26)15-12-13(19(22,23)24)6-7-17(15)21/h1-2,4-7,12,18,25H,3,8-11H2. The Kier molecular flexibility index (Phi) is 6.13. The third-order valence-electron chi connectivity index (χ3n) is 4.56. The summed E-state index contributed by atoms with van der Waals surface area (Å²) in [7, 11) is 0. The highest BCUT2D eigenvalue weighted by Gasteiger charge is 2.33. The van der Waals surface area contributed by atoms with Crippen molar-refractivity contribution in [2.24, 2.45) is 0 Å². The lowest BCUT2D eigenvalue weighted by molar-refractivity contribution is -0.137. The zero-order chi connectivity index (χ0) is 18.7. The monoisotopic (exact) mass is 402 g/mol. The molecule has 1 unspecified atom stereocenters. The van der Waals surface area contributed by atoms with Crippen LogP contribution in [0.5, 0.6) is 0 Å². The Labute approximate surface area is 160 Å². The molecule has 1 N–H and O–H groups in total. The molecule has 0 bridgehead atoms. The van der Waals surface area contributed by atoms with Crippen LogP contribution in [-0.4, -0.2) is 31.1 Å². The van der Waals surface area contributed by atoms with Crippen molar-refractivity contribution in [3.8, 4) is 0 Å². The molecular formula is C19H19Cl2F3N2. The van der Waals surface area contributed by atoms with Gasteiger partial charge in [-0.1, -0.05) is 41.4 Å². The van der Waals surface area contributed by atoms with Crippen LogP contribution in [0.1, 0.15) is 29.2 Å². The average molecular weight is 403 g/mol. The first-order chi connectivity index (χ1) is 12.4. The number of benzene rings is 2. The van der Waals surface area contributed by atoms with Gasteiger partial charge in [0.15, 0.2) is 0 Å². The number of hydrogen-bond donors (Lipinski definition) is 1. The summed E-state index contributed by atoms with van der Waals surface area (Å²) in [5.74, 6) is 0. The molecule has 0 spiro atoms. The van der Waals surface area contributed by atoms with Gasteiger partial charge in [0.25, 0.3) is 0 Å². The third kappa shape index (κ3) is 4.34. The number of nitrogens with one attached hydrogen (secondary N) is 1. The predicted octanol–water partition coefficient (Wildman–Crippen LogP) is 5.40. The van der Waals surface area contributed by atoms with E-state index in [9.17, 15) is 13.2 Å². The van der Waals surface area contributed by atoms with Gasteiger partial charge in [-0.3, -0.25) is 4.90 Å². The highest BCUT2D eigenvalue weighted by atomic mass is 35.5. The predicted molar refractivity (Wildman–Crippen MR) is 98.8 cm³/mol. The van der Waals surface area contributed by atoms with Gasteiger partial charge in [0, 0.05) is 29.7 Å². The zero-order valence-electron chi connectivity index (χ0n) is 14.0. The van der Waals surface area contributed by atoms with Gasteiger partial charge in [0.2, 0.25) is 0 Å². The molecular weight excluding hydrogens is 384 g/mol. The summed E-state index contributed by atoms with van der Waals surface area (Å²) < 4.78 is 39.8. The maximum Gasteiger partial charge on any atom is 0.416 e. The van der Waals surface area contributed by atoms with E-state index < -0.39 is 17.8 Å². The SMILES string of the molecule is FC(F)(F)c1ccc(Cl)c(C(c2ccccc2Cl)N2CCCNCC2)c1. The van der Waals surface area contributed by atoms with E-state index in [4.69, 9.17) is 23.2 Å². The second-order valence-electron chi connectivity index (χ2n) is 6.30. The topological polar surface area (TPSA) is 15.3 Å². The Morgan fingerprint density at radius 3 is 2.38 bits per heavy atom. The van der Waals surface area contributed by atoms with Crippen molar-refractivity contribution in [1.82, 2.24) is 10.2 Å². The van der Waals surface area contributed by atoms with E-state index in [0.717, 1.165) is 43.8 Å². The Balaban J connectivity index is 2.13. The fourth-order valence-corrected chi connectivity index (χ4v) is 3.77. The molecule has 1 fully saturated rings. The second-order valence-corrected chi connectivity index (χ2v) is 7.11. The van der Waals surface area contributed by atoms with Gasteiger partial charge >= 0.3 is 6.18 Å². The number of rotatable bonds is 3. The van der Waals surface area contributed by atoms with E-state index in [1.165, 1.54) is 6.07 Å². The lowest BCUT2D eigenvalue weighted by Gasteiger charge is -2.32. The Hall–Kier alpha value is -1.27. The second kappa shape index (κ2) is 8.17. The van der Waals surface area contributed by atoms with Crippen molar-refractivity contribution in [3.63, 3.8) is 0 Å². The number of halogens is 5. The van der Waals surface area contributed by atoms with E-state index in [0.29, 0.717) is 22.2 Å². The fraction of sp³-hybridized carbons (Fsp3) is 0.368. The van der Waals surface area contributed by atoms with E-state index in [2.05, 4.69) is 10.2 Å². The van der Waals surface area contributed by atoms with Crippen LogP contribution in [0.25, 0.3) is 0 Å². The van der Waals surface area contributed by atoms with Gasteiger partial charge in [-0.2, -0.15) is 13.2 Å². The molecule has 3 rings (SSSR count). The summed E-state index contributed by atoms with van der Waals surface area (Å²) >= 11 is 12.8. The lowest BCUT2D eigenvalue weighted by atomic mass is 9.95. The Morgan fingerprint density at radius 1 is 0.923 bits per heavy atom. The molecule has 0 amide bonds. The molecule has 2 aromatic carbocycles. The minimum absolute atomic E-state index is 0.306. The molecule has 1 atom stereocenters. The zero-order valence-corrected chi connectivity index (χ0v) is 15.5. The van der Waals surface area contributed by atoms with Crippen LogP contribution in [0.15, 0.2) is 42.5 Å². The molecule has 0 aliphatic carbocycles. The van der Waals surface area contributed by atoms with Crippen LogP contribution in [0, 0.1) is 0 Å². The summed E-state index contributed by atoms with van der Waals surface area (Å²) in [6.45, 7) is 3.08. The van der Waals surface area contributed by atoms with E-state index in [-0.39, 0.29) is 0 Å². The van der Waals surface area contributed by atoms with E-state index in [1.54, 1.807) is 12.1 Å². The van der Waals surface area contributed by atoms with E-state index in [1.807, 2.05) is 12.1 Å². The van der Waals surface area contributed by atoms with Crippen molar-refractivity contribution < 1.29 is 13.2 Å². The van der Waals surface area contributed by atoms with Gasteiger partial charge < -0.3 is 5.32 Å². The highest BCUT2D eigenvalue weighted by Crippen LogP contribution is 2.40. The smallest absolute Gasteiger partial charge is 0.315 e. The van der Waals surface area contributed by atoms with Crippen LogP contribution < -0.4 is 5.32 Å². The maximum atomic E-state index is 13.3. The molecule has 0 radical (unpaired) electrons. The van der Waals surface area contributed by atoms with Crippen LogP contribution in [0.4, 0.5) is 13.2 Å². The van der Waals surface area contributed by atoms with Crippen LogP contribution in [-0.2, 0) is 6.18 Å². The summed E-state index contributed by atoms with van der Waals surface area (Å²) in [6.07, 6.45) is -3.53. The molecule has 1 aliphatic heterocycles. The van der Waals surface area contributed by atoms with Gasteiger partial charge in [-0.25, -0.2) is 0 Å². The molecule has 1 saturated heterocycles. The Morgan fingerprint density at radius 2 is 1.65 bits per heavy atom. The summed E-state index contributed by atoms with van der Waals surface area (Å²) in [5, 5.41) is 4.13. The normalized spacial score (nSPS) is 17.7. The molecule has 0 saturated carbocycles. The minimum Gasteiger partial charge on any atom is -0.315 e. The first kappa shape index (κ1) is 19.5. The quantitative estimate of drug-likeness (QED) is 0.739. The first-order valence-electron chi connectivity index (χ1n) is 8.44. The number of nitrogens with zero attached hydrogens (tertiary/aromatic N) is 1. The molecule has 0 aromatic heterocycles. The van der Waals surface area contributed by atoms with Gasteiger partial charge in [-0.05, 0) is 48.4 Å². The molecule has 2 nitrogen and oxygen atoms in total. The number of hydrogen-bond acceptors (Lipinski definition) is 2. The summed E-state index contributed by atoms with van der Waals surface area (Å²) in [4.78, 5) is 2.14. The molecule has 26 heavy (non-hydrogen) atoms. The van der Waals surface area contributed by atoms with Crippen molar-refractivity contribution in [1.29, 1.82) is 0 Å². The van der Waals surface area contributed by atoms with Crippen LogP contribution in [0.2, 0.25) is 10.0 Å². The van der Waals surface area contributed by atoms with Gasteiger partial charge in [0.05, 0.1) is 11.6 Å². The third-order valence-corrected chi connectivity index (χ3v) is 5.25. The molecule has 1 heterocycles. The van der Waals surface area contributed by atoms with E-state index >= 15 is 0 Å². The molecule has 7 heteroatoms. The highest BCUT2D eigenvalue weighted by molar-refractivity contribution is 6.32. The first-order valence-corrected chi connectivity index (χ1v) is 9.19. The van der Waals surface area contributed by atoms with Crippen LogP contribution in [0.3, 0.4) is 0 Å². The average Bonchev–Trinajstić information content (AvgIpc) is 2.87. The maximum absolute atomic E-state index is 13.3. The van der Waals surface area contributed by atoms with Crippen molar-refractivity contribution in [3.05, 3.63) is 69.2 Å². The van der Waals surface area contributed by atoms with Crippen molar-refractivity contribution in [2.45, 2.75) is 18.6 Å². The largest absolute Gasteiger partial charge is 0.416 e. The fourth-order valence-electron chi connectivity index (χ4n) is 3.31. The Bertz CT molecular complexity index is 757. The molecule has 1 aliphatic rings. The molecule has 140 valence electrons.